The van der Waals surface area contributed by atoms with Gasteiger partial charge in [-0.25, -0.2) is 4.39 Å². The number of halogens is 1. The zero-order chi connectivity index (χ0) is 20.7. The number of carbonyl (C=O) groups is 1. The number of fused-ring (bicyclic) bond motifs is 1. The second-order valence-corrected chi connectivity index (χ2v) is 7.87. The minimum Gasteiger partial charge on any atom is -0.454 e. The average molecular weight is 404 g/mol. The molecular weight excluding hydrogens is 383 g/mol. The van der Waals surface area contributed by atoms with Gasteiger partial charge in [-0.1, -0.05) is 36.4 Å². The summed E-state index contributed by atoms with van der Waals surface area (Å²) in [6.45, 7) is 0.0854. The molecule has 5 rings (SSSR count). The summed E-state index contributed by atoms with van der Waals surface area (Å²) in [6.07, 6.45) is 1.52. The summed E-state index contributed by atoms with van der Waals surface area (Å²) in [6, 6.07) is 17.9. The summed E-state index contributed by atoms with van der Waals surface area (Å²) in [5.41, 5.74) is 3.09. The fourth-order valence-electron chi connectivity index (χ4n) is 4.21. The molecule has 0 radical (unpaired) electrons. The molecule has 0 unspecified atom stereocenters. The van der Waals surface area contributed by atoms with Gasteiger partial charge < -0.3 is 14.6 Å². The van der Waals surface area contributed by atoms with Crippen molar-refractivity contribution in [3.63, 3.8) is 0 Å². The molecule has 30 heavy (non-hydrogen) atoms. The Morgan fingerprint density at radius 3 is 2.57 bits per heavy atom. The zero-order valence-electron chi connectivity index (χ0n) is 16.4. The van der Waals surface area contributed by atoms with Gasteiger partial charge in [0.1, 0.15) is 11.6 Å². The second kappa shape index (κ2) is 7.26. The Kier molecular flexibility index (Phi) is 4.55. The number of rotatable bonds is 6. The van der Waals surface area contributed by atoms with Crippen LogP contribution in [0.15, 0.2) is 60.7 Å². The fraction of sp³-hybridized carbons (Fsp3) is 0.240. The van der Waals surface area contributed by atoms with Gasteiger partial charge in [0, 0.05) is 6.42 Å². The third kappa shape index (κ3) is 3.15. The molecule has 1 aliphatic heterocycles. The number of ketones is 1. The van der Waals surface area contributed by atoms with Gasteiger partial charge in [-0.3, -0.25) is 4.79 Å². The molecule has 1 saturated carbocycles. The van der Waals surface area contributed by atoms with E-state index in [0.29, 0.717) is 17.1 Å². The Balaban J connectivity index is 1.44. The van der Waals surface area contributed by atoms with Crippen LogP contribution in [0.4, 0.5) is 4.39 Å². The van der Waals surface area contributed by atoms with Crippen molar-refractivity contribution in [3.8, 4) is 22.6 Å². The predicted molar refractivity (Wildman–Crippen MR) is 110 cm³/mol. The van der Waals surface area contributed by atoms with Gasteiger partial charge in [0.25, 0.3) is 0 Å². The molecule has 152 valence electrons. The van der Waals surface area contributed by atoms with Crippen molar-refractivity contribution in [2.75, 3.05) is 6.79 Å². The standard InChI is InChI=1S/C25H21FO4/c26-21-7-5-16(20-4-2-1-3-17(20)14-27)11-18(21)12-24(28)25(9-10-25)19-6-8-22-23(13-19)30-15-29-22/h1-8,11,13,27H,9-10,12,14-15H2. The van der Waals surface area contributed by atoms with Crippen molar-refractivity contribution in [2.45, 2.75) is 31.3 Å². The van der Waals surface area contributed by atoms with Crippen LogP contribution >= 0.6 is 0 Å². The zero-order valence-corrected chi connectivity index (χ0v) is 16.4. The van der Waals surface area contributed by atoms with E-state index < -0.39 is 11.2 Å². The SMILES string of the molecule is O=C(Cc1cc(-c2ccccc2CO)ccc1F)C1(c2ccc3c(c2)OCO3)CC1. The molecule has 0 spiro atoms. The Labute approximate surface area is 173 Å². The van der Waals surface area contributed by atoms with Crippen molar-refractivity contribution in [3.05, 3.63) is 83.2 Å². The van der Waals surface area contributed by atoms with E-state index in [9.17, 15) is 14.3 Å². The molecule has 0 bridgehead atoms. The minimum absolute atomic E-state index is 0.00728. The van der Waals surface area contributed by atoms with Crippen molar-refractivity contribution in [1.82, 2.24) is 0 Å². The van der Waals surface area contributed by atoms with E-state index in [0.717, 1.165) is 35.1 Å². The number of hydrogen-bond acceptors (Lipinski definition) is 4. The molecule has 5 heteroatoms. The lowest BCUT2D eigenvalue weighted by atomic mass is 9.87. The van der Waals surface area contributed by atoms with Gasteiger partial charge >= 0.3 is 0 Å². The molecule has 0 atom stereocenters. The molecule has 2 aliphatic rings. The first-order chi connectivity index (χ1) is 14.6. The number of benzene rings is 3. The number of ether oxygens (including phenoxy) is 2. The smallest absolute Gasteiger partial charge is 0.231 e. The molecular formula is C25H21FO4. The number of aliphatic hydroxyl groups is 1. The topological polar surface area (TPSA) is 55.8 Å². The highest BCUT2D eigenvalue weighted by molar-refractivity contribution is 5.95. The number of hydrogen-bond donors (Lipinski definition) is 1. The summed E-state index contributed by atoms with van der Waals surface area (Å²) in [7, 11) is 0. The predicted octanol–water partition coefficient (Wildman–Crippen LogP) is 4.56. The Morgan fingerprint density at radius 1 is 0.967 bits per heavy atom. The van der Waals surface area contributed by atoms with E-state index in [1.54, 1.807) is 12.1 Å². The number of carbonyl (C=O) groups excluding carboxylic acids is 1. The summed E-state index contributed by atoms with van der Waals surface area (Å²) in [4.78, 5) is 13.2. The lowest BCUT2D eigenvalue weighted by Gasteiger charge is -2.16. The van der Waals surface area contributed by atoms with Crippen LogP contribution in [0.2, 0.25) is 0 Å². The first-order valence-electron chi connectivity index (χ1n) is 10.0. The van der Waals surface area contributed by atoms with Crippen molar-refractivity contribution < 1.29 is 23.8 Å². The van der Waals surface area contributed by atoms with E-state index in [1.165, 1.54) is 6.07 Å². The Bertz CT molecular complexity index is 1130. The number of Topliss-reactive ketones (excluding diaryl/α,β-unsaturated/α-hetero) is 1. The summed E-state index contributed by atoms with van der Waals surface area (Å²) >= 11 is 0. The van der Waals surface area contributed by atoms with Gasteiger partial charge in [0.2, 0.25) is 6.79 Å². The van der Waals surface area contributed by atoms with Crippen LogP contribution < -0.4 is 9.47 Å². The van der Waals surface area contributed by atoms with Crippen molar-refractivity contribution in [2.24, 2.45) is 0 Å². The molecule has 0 amide bonds. The molecule has 0 saturated heterocycles. The maximum Gasteiger partial charge on any atom is 0.231 e. The van der Waals surface area contributed by atoms with E-state index in [2.05, 4.69) is 0 Å². The van der Waals surface area contributed by atoms with Crippen LogP contribution in [0.1, 0.15) is 29.5 Å². The minimum atomic E-state index is -0.577. The largest absolute Gasteiger partial charge is 0.454 e. The maximum absolute atomic E-state index is 14.6. The normalized spacial score (nSPS) is 15.8. The van der Waals surface area contributed by atoms with Gasteiger partial charge in [-0.2, -0.15) is 0 Å². The van der Waals surface area contributed by atoms with Crippen LogP contribution in [0.3, 0.4) is 0 Å². The van der Waals surface area contributed by atoms with Gasteiger partial charge in [0.05, 0.1) is 12.0 Å². The lowest BCUT2D eigenvalue weighted by Crippen LogP contribution is -2.23. The highest BCUT2D eigenvalue weighted by atomic mass is 19.1. The summed E-state index contributed by atoms with van der Waals surface area (Å²) in [5, 5.41) is 9.61. The van der Waals surface area contributed by atoms with Crippen LogP contribution in [0.5, 0.6) is 11.5 Å². The molecule has 3 aromatic carbocycles. The van der Waals surface area contributed by atoms with Gasteiger partial charge in [0.15, 0.2) is 11.5 Å². The second-order valence-electron chi connectivity index (χ2n) is 7.87. The first-order valence-corrected chi connectivity index (χ1v) is 10.0. The van der Waals surface area contributed by atoms with Crippen LogP contribution in [-0.4, -0.2) is 17.7 Å². The van der Waals surface area contributed by atoms with Crippen LogP contribution in [0, 0.1) is 5.82 Å². The highest BCUT2D eigenvalue weighted by Crippen LogP contribution is 2.51. The summed E-state index contributed by atoms with van der Waals surface area (Å²) in [5.74, 6) is 0.951. The summed E-state index contributed by atoms with van der Waals surface area (Å²) < 4.78 is 25.4. The van der Waals surface area contributed by atoms with Crippen LogP contribution in [-0.2, 0) is 23.2 Å². The van der Waals surface area contributed by atoms with E-state index in [4.69, 9.17) is 9.47 Å². The fourth-order valence-corrected chi connectivity index (χ4v) is 4.21. The van der Waals surface area contributed by atoms with E-state index >= 15 is 0 Å². The number of aliphatic hydroxyl groups excluding tert-OH is 1. The first kappa shape index (κ1) is 18.8. The Hall–Kier alpha value is -3.18. The third-order valence-electron chi connectivity index (χ3n) is 6.10. The molecule has 0 aromatic heterocycles. The van der Waals surface area contributed by atoms with Gasteiger partial charge in [-0.05, 0) is 64.9 Å². The van der Waals surface area contributed by atoms with Gasteiger partial charge in [-0.15, -0.1) is 0 Å². The molecule has 1 N–H and O–H groups in total. The van der Waals surface area contributed by atoms with E-state index in [1.807, 2.05) is 42.5 Å². The average Bonchev–Trinajstić information content (AvgIpc) is 3.46. The molecule has 3 aromatic rings. The molecule has 1 aliphatic carbocycles. The van der Waals surface area contributed by atoms with Crippen molar-refractivity contribution >= 4 is 5.78 Å². The molecule has 1 fully saturated rings. The van der Waals surface area contributed by atoms with Crippen LogP contribution in [0.25, 0.3) is 11.1 Å². The maximum atomic E-state index is 14.6. The Morgan fingerprint density at radius 2 is 1.77 bits per heavy atom. The quantitative estimate of drug-likeness (QED) is 0.655. The highest BCUT2D eigenvalue weighted by Gasteiger charge is 2.51. The van der Waals surface area contributed by atoms with Crippen molar-refractivity contribution in [1.29, 1.82) is 0 Å². The monoisotopic (exact) mass is 404 g/mol. The lowest BCUT2D eigenvalue weighted by molar-refractivity contribution is -0.120. The van der Waals surface area contributed by atoms with E-state index in [-0.39, 0.29) is 25.6 Å². The third-order valence-corrected chi connectivity index (χ3v) is 6.10. The molecule has 4 nitrogen and oxygen atoms in total. The molecule has 1 heterocycles.